The number of ketones is 1. The second kappa shape index (κ2) is 13.0. The molecule has 0 N–H and O–H groups in total. The van der Waals surface area contributed by atoms with Gasteiger partial charge in [0.05, 0.1) is 6.61 Å². The Labute approximate surface area is 163 Å². The normalized spacial score (nSPS) is 13.3. The second-order valence-electron chi connectivity index (χ2n) is 6.98. The van der Waals surface area contributed by atoms with E-state index in [1.165, 1.54) is 16.7 Å². The topological polar surface area (TPSA) is 56.3 Å². The van der Waals surface area contributed by atoms with Crippen molar-refractivity contribution in [3.05, 3.63) is 53.4 Å². The highest BCUT2D eigenvalue weighted by Gasteiger charge is 2.21. The molecule has 0 fully saturated rings. The van der Waals surface area contributed by atoms with Gasteiger partial charge in [-0.15, -0.1) is 0 Å². The number of hydrogen-bond donors (Lipinski definition) is 0. The zero-order valence-corrected chi connectivity index (χ0v) is 17.2. The number of nitrogens with zero attached hydrogens (tertiary/aromatic N) is 1. The summed E-state index contributed by atoms with van der Waals surface area (Å²) in [7, 11) is 0. The van der Waals surface area contributed by atoms with Crippen molar-refractivity contribution in [3.63, 3.8) is 0 Å². The van der Waals surface area contributed by atoms with E-state index in [1.807, 2.05) is 19.2 Å². The van der Waals surface area contributed by atoms with Gasteiger partial charge in [0.1, 0.15) is 11.7 Å². The Bertz CT molecular complexity index is 647. The number of esters is 1. The molecule has 0 bridgehead atoms. The summed E-state index contributed by atoms with van der Waals surface area (Å²) in [6.07, 6.45) is 13.3. The molecule has 0 aromatic carbocycles. The molecule has 0 aliphatic rings. The summed E-state index contributed by atoms with van der Waals surface area (Å²) in [5.41, 5.74) is 3.84. The second-order valence-corrected chi connectivity index (χ2v) is 6.98. The van der Waals surface area contributed by atoms with Gasteiger partial charge in [-0.2, -0.15) is 0 Å². The standard InChI is InChI=1S/C23H33NO3/c1-5-27-23(26)20(4)22(25)15-14-19(3)10-6-9-18(2)11-7-12-21-13-8-16-24-17-21/h8,10-11,13,16-17,20H,5-7,9,12,14-15H2,1-4H3/b18-11+,19-10+. The maximum absolute atomic E-state index is 12.0. The lowest BCUT2D eigenvalue weighted by Crippen LogP contribution is -2.23. The summed E-state index contributed by atoms with van der Waals surface area (Å²) >= 11 is 0. The van der Waals surface area contributed by atoms with Crippen molar-refractivity contribution in [1.82, 2.24) is 4.98 Å². The lowest BCUT2D eigenvalue weighted by molar-refractivity contribution is -0.150. The van der Waals surface area contributed by atoms with Crippen LogP contribution in [0.2, 0.25) is 0 Å². The van der Waals surface area contributed by atoms with E-state index in [0.29, 0.717) is 19.4 Å². The van der Waals surface area contributed by atoms with Crippen LogP contribution in [-0.4, -0.2) is 23.3 Å². The SMILES string of the molecule is CCOC(=O)C(C)C(=O)CC/C(C)=C/CC/C(C)=C/CCc1cccnc1. The minimum absolute atomic E-state index is 0.0484. The van der Waals surface area contributed by atoms with Gasteiger partial charge in [0.15, 0.2) is 0 Å². The number of rotatable bonds is 12. The number of carbonyl (C=O) groups excluding carboxylic acids is 2. The molecule has 1 rings (SSSR count). The zero-order chi connectivity index (χ0) is 20.1. The number of hydrogen-bond acceptors (Lipinski definition) is 4. The van der Waals surface area contributed by atoms with Gasteiger partial charge < -0.3 is 4.74 Å². The van der Waals surface area contributed by atoms with Crippen molar-refractivity contribution in [3.8, 4) is 0 Å². The van der Waals surface area contributed by atoms with E-state index in [0.717, 1.165) is 25.7 Å². The van der Waals surface area contributed by atoms with Gasteiger partial charge in [-0.25, -0.2) is 0 Å². The summed E-state index contributed by atoms with van der Waals surface area (Å²) in [5, 5.41) is 0. The lowest BCUT2D eigenvalue weighted by atomic mass is 9.99. The number of aromatic nitrogens is 1. The molecular formula is C23H33NO3. The number of pyridine rings is 1. The van der Waals surface area contributed by atoms with Crippen LogP contribution >= 0.6 is 0 Å². The number of allylic oxidation sites excluding steroid dienone is 4. The first-order chi connectivity index (χ1) is 12.9. The van der Waals surface area contributed by atoms with Gasteiger partial charge in [0.25, 0.3) is 0 Å². The molecular weight excluding hydrogens is 338 g/mol. The minimum atomic E-state index is -0.664. The predicted molar refractivity (Wildman–Crippen MR) is 109 cm³/mol. The third-order valence-electron chi connectivity index (χ3n) is 4.57. The monoisotopic (exact) mass is 371 g/mol. The first-order valence-corrected chi connectivity index (χ1v) is 9.83. The van der Waals surface area contributed by atoms with E-state index in [4.69, 9.17) is 4.74 Å². The maximum Gasteiger partial charge on any atom is 0.316 e. The predicted octanol–water partition coefficient (Wildman–Crippen LogP) is 5.24. The highest BCUT2D eigenvalue weighted by molar-refractivity contribution is 5.98. The van der Waals surface area contributed by atoms with Crippen LogP contribution in [0.5, 0.6) is 0 Å². The van der Waals surface area contributed by atoms with Crippen LogP contribution < -0.4 is 0 Å². The van der Waals surface area contributed by atoms with E-state index >= 15 is 0 Å². The fourth-order valence-corrected chi connectivity index (χ4v) is 2.72. The van der Waals surface area contributed by atoms with E-state index in [1.54, 1.807) is 20.0 Å². The van der Waals surface area contributed by atoms with Crippen LogP contribution in [0.4, 0.5) is 0 Å². The van der Waals surface area contributed by atoms with Crippen molar-refractivity contribution in [2.45, 2.75) is 66.2 Å². The highest BCUT2D eigenvalue weighted by atomic mass is 16.5. The Morgan fingerprint density at radius 3 is 2.48 bits per heavy atom. The molecule has 1 atom stereocenters. The molecule has 0 saturated heterocycles. The van der Waals surface area contributed by atoms with Gasteiger partial charge in [-0.1, -0.05) is 29.4 Å². The van der Waals surface area contributed by atoms with E-state index in [-0.39, 0.29) is 5.78 Å². The van der Waals surface area contributed by atoms with Crippen LogP contribution in [0, 0.1) is 5.92 Å². The molecule has 0 radical (unpaired) electrons. The lowest BCUT2D eigenvalue weighted by Gasteiger charge is -2.09. The molecule has 1 heterocycles. The minimum Gasteiger partial charge on any atom is -0.465 e. The van der Waals surface area contributed by atoms with Crippen molar-refractivity contribution >= 4 is 11.8 Å². The Kier molecular flexibility index (Phi) is 11.0. The number of Topliss-reactive ketones (excluding diaryl/α,β-unsaturated/α-hetero) is 1. The van der Waals surface area contributed by atoms with E-state index < -0.39 is 11.9 Å². The zero-order valence-electron chi connectivity index (χ0n) is 17.2. The molecule has 0 amide bonds. The van der Waals surface area contributed by atoms with Gasteiger partial charge in [0.2, 0.25) is 0 Å². The fraction of sp³-hybridized carbons (Fsp3) is 0.522. The largest absolute Gasteiger partial charge is 0.465 e. The molecule has 1 aromatic rings. The molecule has 148 valence electrons. The Morgan fingerprint density at radius 1 is 1.11 bits per heavy atom. The van der Waals surface area contributed by atoms with Crippen molar-refractivity contribution in [2.24, 2.45) is 5.92 Å². The molecule has 0 aliphatic carbocycles. The van der Waals surface area contributed by atoms with Gasteiger partial charge in [-0.05, 0) is 71.4 Å². The van der Waals surface area contributed by atoms with Crippen molar-refractivity contribution in [1.29, 1.82) is 0 Å². The smallest absolute Gasteiger partial charge is 0.316 e. The van der Waals surface area contributed by atoms with E-state index in [9.17, 15) is 9.59 Å². The molecule has 4 heteroatoms. The van der Waals surface area contributed by atoms with Crippen LogP contribution in [-0.2, 0) is 20.7 Å². The molecule has 1 unspecified atom stereocenters. The first-order valence-electron chi connectivity index (χ1n) is 9.83. The van der Waals surface area contributed by atoms with Crippen molar-refractivity contribution < 1.29 is 14.3 Å². The quantitative estimate of drug-likeness (QED) is 0.287. The Morgan fingerprint density at radius 2 is 1.81 bits per heavy atom. The summed E-state index contributed by atoms with van der Waals surface area (Å²) < 4.78 is 4.90. The average molecular weight is 372 g/mol. The van der Waals surface area contributed by atoms with Gasteiger partial charge in [0, 0.05) is 18.8 Å². The molecule has 0 aliphatic heterocycles. The van der Waals surface area contributed by atoms with Crippen LogP contribution in [0.25, 0.3) is 0 Å². The fourth-order valence-electron chi connectivity index (χ4n) is 2.72. The molecule has 0 saturated carbocycles. The molecule has 4 nitrogen and oxygen atoms in total. The van der Waals surface area contributed by atoms with Gasteiger partial charge >= 0.3 is 5.97 Å². The van der Waals surface area contributed by atoms with Gasteiger partial charge in [-0.3, -0.25) is 14.6 Å². The Hall–Kier alpha value is -2.23. The summed E-state index contributed by atoms with van der Waals surface area (Å²) in [4.78, 5) is 27.8. The molecule has 0 spiro atoms. The third kappa shape index (κ3) is 9.88. The molecule has 27 heavy (non-hydrogen) atoms. The highest BCUT2D eigenvalue weighted by Crippen LogP contribution is 2.14. The number of ether oxygens (including phenoxy) is 1. The van der Waals surface area contributed by atoms with Crippen molar-refractivity contribution in [2.75, 3.05) is 6.61 Å². The number of aryl methyl sites for hydroxylation is 1. The van der Waals surface area contributed by atoms with Crippen LogP contribution in [0.15, 0.2) is 47.8 Å². The van der Waals surface area contributed by atoms with E-state index in [2.05, 4.69) is 30.1 Å². The Balaban J connectivity index is 2.27. The van der Waals surface area contributed by atoms with Crippen LogP contribution in [0.1, 0.15) is 65.4 Å². The third-order valence-corrected chi connectivity index (χ3v) is 4.57. The number of carbonyl (C=O) groups is 2. The maximum atomic E-state index is 12.0. The first kappa shape index (κ1) is 22.8. The average Bonchev–Trinajstić information content (AvgIpc) is 2.66. The summed E-state index contributed by atoms with van der Waals surface area (Å²) in [6, 6.07) is 4.07. The molecule has 1 aromatic heterocycles. The van der Waals surface area contributed by atoms with Crippen LogP contribution in [0.3, 0.4) is 0 Å². The summed E-state index contributed by atoms with van der Waals surface area (Å²) in [6.45, 7) is 7.89. The summed E-state index contributed by atoms with van der Waals surface area (Å²) in [5.74, 6) is -1.13.